The molecule has 0 heterocycles. The van der Waals surface area contributed by atoms with Crippen molar-refractivity contribution in [1.29, 1.82) is 0 Å². The molecule has 0 nitrogen and oxygen atoms in total. The van der Waals surface area contributed by atoms with E-state index in [4.69, 9.17) is 0 Å². The standard InChI is InChI=1S/C24H27S/c1-5-19-14-16-22(17-15-19)25(21-11-7-6-8-12-21)23-13-9-10-20(18-23)24(2,3)4/h6-18H,5H2,1-4H3/q+1. The molecule has 1 atom stereocenters. The van der Waals surface area contributed by atoms with E-state index in [1.165, 1.54) is 25.8 Å². The van der Waals surface area contributed by atoms with E-state index in [9.17, 15) is 0 Å². The van der Waals surface area contributed by atoms with Crippen LogP contribution in [0.4, 0.5) is 0 Å². The summed E-state index contributed by atoms with van der Waals surface area (Å²) in [6, 6.07) is 29.2. The van der Waals surface area contributed by atoms with Crippen LogP contribution in [-0.4, -0.2) is 0 Å². The van der Waals surface area contributed by atoms with Crippen LogP contribution in [0, 0.1) is 0 Å². The smallest absolute Gasteiger partial charge is 0.0619 e. The van der Waals surface area contributed by atoms with Crippen LogP contribution in [0.5, 0.6) is 0 Å². The molecule has 128 valence electrons. The summed E-state index contributed by atoms with van der Waals surface area (Å²) in [5, 5.41) is 0. The molecule has 0 spiro atoms. The van der Waals surface area contributed by atoms with Crippen molar-refractivity contribution >= 4 is 10.9 Å². The predicted octanol–water partition coefficient (Wildman–Crippen LogP) is 6.64. The molecular weight excluding hydrogens is 320 g/mol. The van der Waals surface area contributed by atoms with Crippen molar-refractivity contribution in [1.82, 2.24) is 0 Å². The summed E-state index contributed by atoms with van der Waals surface area (Å²) in [5.74, 6) is 0. The summed E-state index contributed by atoms with van der Waals surface area (Å²) >= 11 is 0. The Labute approximate surface area is 155 Å². The van der Waals surface area contributed by atoms with Crippen LogP contribution < -0.4 is 0 Å². The molecule has 3 aromatic carbocycles. The fourth-order valence-electron chi connectivity index (χ4n) is 2.92. The minimum atomic E-state index is -0.0700. The van der Waals surface area contributed by atoms with Crippen LogP contribution in [0.25, 0.3) is 0 Å². The first kappa shape index (κ1) is 17.8. The maximum atomic E-state index is 2.39. The summed E-state index contributed by atoms with van der Waals surface area (Å²) in [6.45, 7) is 9.05. The third kappa shape index (κ3) is 4.16. The first-order chi connectivity index (χ1) is 12.0. The fraction of sp³-hybridized carbons (Fsp3) is 0.250. The van der Waals surface area contributed by atoms with E-state index in [0.29, 0.717) is 0 Å². The third-order valence-electron chi connectivity index (χ3n) is 4.48. The van der Waals surface area contributed by atoms with Gasteiger partial charge in [0.15, 0.2) is 14.7 Å². The van der Waals surface area contributed by atoms with Gasteiger partial charge in [-0.3, -0.25) is 0 Å². The Morgan fingerprint density at radius 2 is 1.28 bits per heavy atom. The van der Waals surface area contributed by atoms with Gasteiger partial charge in [0.1, 0.15) is 0 Å². The van der Waals surface area contributed by atoms with Gasteiger partial charge in [0.05, 0.1) is 10.9 Å². The van der Waals surface area contributed by atoms with Gasteiger partial charge >= 0.3 is 0 Å². The molecule has 1 heteroatoms. The van der Waals surface area contributed by atoms with E-state index in [0.717, 1.165) is 6.42 Å². The Hall–Kier alpha value is -1.99. The highest BCUT2D eigenvalue weighted by Crippen LogP contribution is 2.33. The van der Waals surface area contributed by atoms with Crippen molar-refractivity contribution < 1.29 is 0 Å². The van der Waals surface area contributed by atoms with Gasteiger partial charge in [-0.2, -0.15) is 0 Å². The van der Waals surface area contributed by atoms with Crippen LogP contribution in [0.15, 0.2) is 93.5 Å². The molecular formula is C24H27S+. The molecule has 0 amide bonds. The Kier molecular flexibility index (Phi) is 5.34. The lowest BCUT2D eigenvalue weighted by atomic mass is 9.87. The molecule has 0 aromatic heterocycles. The van der Waals surface area contributed by atoms with Gasteiger partial charge in [-0.05, 0) is 59.4 Å². The molecule has 0 fully saturated rings. The molecule has 0 bridgehead atoms. The molecule has 0 aliphatic rings. The predicted molar refractivity (Wildman–Crippen MR) is 110 cm³/mol. The topological polar surface area (TPSA) is 0 Å². The number of rotatable bonds is 4. The number of benzene rings is 3. The average Bonchev–Trinajstić information content (AvgIpc) is 2.63. The second-order valence-corrected chi connectivity index (χ2v) is 9.42. The van der Waals surface area contributed by atoms with Crippen molar-refractivity contribution in [3.63, 3.8) is 0 Å². The van der Waals surface area contributed by atoms with E-state index >= 15 is 0 Å². The molecule has 25 heavy (non-hydrogen) atoms. The first-order valence-electron chi connectivity index (χ1n) is 8.98. The molecule has 0 aliphatic heterocycles. The van der Waals surface area contributed by atoms with Crippen molar-refractivity contribution in [2.75, 3.05) is 0 Å². The zero-order valence-electron chi connectivity index (χ0n) is 15.6. The fourth-order valence-corrected chi connectivity index (χ4v) is 5.03. The minimum Gasteiger partial charge on any atom is -0.0619 e. The first-order valence-corrected chi connectivity index (χ1v) is 10.2. The Morgan fingerprint density at radius 1 is 0.680 bits per heavy atom. The molecule has 0 radical (unpaired) electrons. The van der Waals surface area contributed by atoms with Crippen molar-refractivity contribution in [2.24, 2.45) is 0 Å². The Bertz CT molecular complexity index is 811. The molecule has 1 unspecified atom stereocenters. The number of hydrogen-bond donors (Lipinski definition) is 0. The van der Waals surface area contributed by atoms with Crippen molar-refractivity contribution in [2.45, 2.75) is 54.2 Å². The largest absolute Gasteiger partial charge is 0.166 e. The maximum absolute atomic E-state index is 2.39. The van der Waals surface area contributed by atoms with Crippen LogP contribution >= 0.6 is 0 Å². The zero-order valence-corrected chi connectivity index (χ0v) is 16.4. The van der Waals surface area contributed by atoms with Gasteiger partial charge in [-0.1, -0.05) is 70.2 Å². The van der Waals surface area contributed by atoms with E-state index in [1.807, 2.05) is 0 Å². The highest BCUT2D eigenvalue weighted by atomic mass is 32.2. The van der Waals surface area contributed by atoms with Gasteiger partial charge < -0.3 is 0 Å². The van der Waals surface area contributed by atoms with E-state index in [2.05, 4.69) is 107 Å². The summed E-state index contributed by atoms with van der Waals surface area (Å²) in [7, 11) is -0.0700. The Balaban J connectivity index is 2.11. The zero-order chi connectivity index (χ0) is 17.9. The summed E-state index contributed by atoms with van der Waals surface area (Å²) in [5.41, 5.74) is 2.95. The normalized spacial score (nSPS) is 12.8. The quantitative estimate of drug-likeness (QED) is 0.464. The van der Waals surface area contributed by atoms with E-state index < -0.39 is 0 Å². The third-order valence-corrected chi connectivity index (χ3v) is 6.69. The van der Waals surface area contributed by atoms with Gasteiger partial charge in [-0.25, -0.2) is 0 Å². The SMILES string of the molecule is CCc1ccc([S+](c2ccccc2)c2cccc(C(C)(C)C)c2)cc1. The van der Waals surface area contributed by atoms with Crippen LogP contribution in [0.1, 0.15) is 38.8 Å². The number of hydrogen-bond acceptors (Lipinski definition) is 0. The monoisotopic (exact) mass is 347 g/mol. The van der Waals surface area contributed by atoms with Gasteiger partial charge in [0, 0.05) is 0 Å². The van der Waals surface area contributed by atoms with Crippen molar-refractivity contribution in [3.8, 4) is 0 Å². The summed E-state index contributed by atoms with van der Waals surface area (Å²) < 4.78 is 0. The lowest BCUT2D eigenvalue weighted by Crippen LogP contribution is -2.13. The van der Waals surface area contributed by atoms with Crippen molar-refractivity contribution in [3.05, 3.63) is 90.0 Å². The highest BCUT2D eigenvalue weighted by molar-refractivity contribution is 7.97. The lowest BCUT2D eigenvalue weighted by molar-refractivity contribution is 0.588. The van der Waals surface area contributed by atoms with E-state index in [1.54, 1.807) is 0 Å². The second-order valence-electron chi connectivity index (χ2n) is 7.39. The summed E-state index contributed by atoms with van der Waals surface area (Å²) in [6.07, 6.45) is 1.08. The Morgan fingerprint density at radius 3 is 1.88 bits per heavy atom. The maximum Gasteiger partial charge on any atom is 0.166 e. The van der Waals surface area contributed by atoms with Gasteiger partial charge in [-0.15, -0.1) is 0 Å². The molecule has 0 aliphatic carbocycles. The van der Waals surface area contributed by atoms with Crippen LogP contribution in [0.2, 0.25) is 0 Å². The molecule has 0 saturated heterocycles. The van der Waals surface area contributed by atoms with Gasteiger partial charge in [0.2, 0.25) is 0 Å². The molecule has 0 saturated carbocycles. The van der Waals surface area contributed by atoms with Crippen LogP contribution in [-0.2, 0) is 22.7 Å². The van der Waals surface area contributed by atoms with Gasteiger partial charge in [0.25, 0.3) is 0 Å². The molecule has 3 rings (SSSR count). The second kappa shape index (κ2) is 7.49. The lowest BCUT2D eigenvalue weighted by Gasteiger charge is -2.19. The molecule has 3 aromatic rings. The average molecular weight is 348 g/mol. The highest BCUT2D eigenvalue weighted by Gasteiger charge is 2.29. The van der Waals surface area contributed by atoms with Crippen LogP contribution in [0.3, 0.4) is 0 Å². The minimum absolute atomic E-state index is 0.0700. The van der Waals surface area contributed by atoms with E-state index in [-0.39, 0.29) is 16.3 Å². The number of aryl methyl sites for hydroxylation is 1. The molecule has 0 N–H and O–H groups in total. The summed E-state index contributed by atoms with van der Waals surface area (Å²) in [4.78, 5) is 4.15.